The zero-order valence-corrected chi connectivity index (χ0v) is 11.4. The number of hydrogen-bond acceptors (Lipinski definition) is 3. The number of carbonyl (C=O) groups is 2. The van der Waals surface area contributed by atoms with E-state index in [1.807, 2.05) is 20.8 Å². The smallest absolute Gasteiger partial charge is 0.308 e. The highest BCUT2D eigenvalue weighted by Gasteiger charge is 2.19. The van der Waals surface area contributed by atoms with Crippen LogP contribution in [-0.4, -0.2) is 46.0 Å². The first-order valence-corrected chi connectivity index (χ1v) is 6.23. The highest BCUT2D eigenvalue weighted by molar-refractivity contribution is 8.01. The summed E-state index contributed by atoms with van der Waals surface area (Å²) in [5.41, 5.74) is 0. The maximum Gasteiger partial charge on any atom is 0.308 e. The number of carboxylic acids is 1. The summed E-state index contributed by atoms with van der Waals surface area (Å²) in [6, 6.07) is 0. The number of carbonyl (C=O) groups excluding carboxylic acids is 1. The molecule has 0 aromatic rings. The molecule has 0 spiro atoms. The molecule has 0 aromatic carbocycles. The third-order valence-electron chi connectivity index (χ3n) is 2.02. The molecule has 94 valence electrons. The standard InChI is InChI=1S/C11H21NO3S/c1-8(10(14)15)6-12(5)9(13)7-16-11(2,3)4/h8H,6-7H2,1-5H3,(H,14,15). The minimum absolute atomic E-state index is 0.0203. The van der Waals surface area contributed by atoms with E-state index in [0.717, 1.165) is 0 Å². The van der Waals surface area contributed by atoms with Crippen LogP contribution in [0.1, 0.15) is 27.7 Å². The van der Waals surface area contributed by atoms with Gasteiger partial charge in [-0.15, -0.1) is 11.8 Å². The van der Waals surface area contributed by atoms with Gasteiger partial charge in [-0.3, -0.25) is 9.59 Å². The lowest BCUT2D eigenvalue weighted by Gasteiger charge is -2.22. The maximum absolute atomic E-state index is 11.7. The summed E-state index contributed by atoms with van der Waals surface area (Å²) >= 11 is 1.57. The molecule has 0 aliphatic heterocycles. The molecule has 0 rings (SSSR count). The summed E-state index contributed by atoms with van der Waals surface area (Å²) in [6.45, 7) is 8.00. The summed E-state index contributed by atoms with van der Waals surface area (Å²) in [4.78, 5) is 23.8. The third-order valence-corrected chi connectivity index (χ3v) is 3.28. The van der Waals surface area contributed by atoms with Gasteiger partial charge in [0.05, 0.1) is 11.7 Å². The fraction of sp³-hybridized carbons (Fsp3) is 0.818. The summed E-state index contributed by atoms with van der Waals surface area (Å²) in [6.07, 6.45) is 0. The highest BCUT2D eigenvalue weighted by atomic mass is 32.2. The lowest BCUT2D eigenvalue weighted by molar-refractivity contribution is -0.142. The zero-order valence-electron chi connectivity index (χ0n) is 10.6. The maximum atomic E-state index is 11.7. The van der Waals surface area contributed by atoms with Crippen molar-refractivity contribution in [1.29, 1.82) is 0 Å². The predicted octanol–water partition coefficient (Wildman–Crippen LogP) is 1.70. The summed E-state index contributed by atoms with van der Waals surface area (Å²) in [5, 5.41) is 8.73. The van der Waals surface area contributed by atoms with Crippen molar-refractivity contribution in [3.05, 3.63) is 0 Å². The Labute approximate surface area is 101 Å². The fourth-order valence-electron chi connectivity index (χ4n) is 0.979. The molecule has 0 radical (unpaired) electrons. The van der Waals surface area contributed by atoms with Gasteiger partial charge in [-0.2, -0.15) is 0 Å². The van der Waals surface area contributed by atoms with Gasteiger partial charge < -0.3 is 10.0 Å². The minimum Gasteiger partial charge on any atom is -0.481 e. The average molecular weight is 247 g/mol. The van der Waals surface area contributed by atoms with Gasteiger partial charge in [0.25, 0.3) is 0 Å². The van der Waals surface area contributed by atoms with Crippen LogP contribution < -0.4 is 0 Å². The van der Waals surface area contributed by atoms with Gasteiger partial charge in [0, 0.05) is 18.3 Å². The van der Waals surface area contributed by atoms with Crippen LogP contribution in [0.25, 0.3) is 0 Å². The van der Waals surface area contributed by atoms with Crippen molar-refractivity contribution in [2.75, 3.05) is 19.3 Å². The molecule has 0 fully saturated rings. The zero-order chi connectivity index (χ0) is 12.9. The third kappa shape index (κ3) is 6.71. The van der Waals surface area contributed by atoms with E-state index < -0.39 is 11.9 Å². The van der Waals surface area contributed by atoms with Crippen LogP contribution in [0.2, 0.25) is 0 Å². The molecule has 0 aliphatic carbocycles. The number of nitrogens with zero attached hydrogens (tertiary/aromatic N) is 1. The van der Waals surface area contributed by atoms with E-state index in [1.165, 1.54) is 4.90 Å². The van der Waals surface area contributed by atoms with E-state index in [0.29, 0.717) is 5.75 Å². The number of aliphatic carboxylic acids is 1. The molecule has 5 heteroatoms. The van der Waals surface area contributed by atoms with Gasteiger partial charge in [0.2, 0.25) is 5.91 Å². The Morgan fingerprint density at radius 1 is 1.38 bits per heavy atom. The van der Waals surface area contributed by atoms with Crippen molar-refractivity contribution in [3.63, 3.8) is 0 Å². The molecule has 16 heavy (non-hydrogen) atoms. The number of carboxylic acid groups (broad SMARTS) is 1. The molecule has 0 saturated carbocycles. The number of amides is 1. The Hall–Kier alpha value is -0.710. The van der Waals surface area contributed by atoms with Gasteiger partial charge in [-0.05, 0) is 0 Å². The first-order valence-electron chi connectivity index (χ1n) is 5.24. The second kappa shape index (κ2) is 6.13. The SMILES string of the molecule is CC(CN(C)C(=O)CSC(C)(C)C)C(=O)O. The highest BCUT2D eigenvalue weighted by Crippen LogP contribution is 2.23. The molecule has 1 atom stereocenters. The van der Waals surface area contributed by atoms with Crippen LogP contribution in [0.3, 0.4) is 0 Å². The second-order valence-electron chi connectivity index (χ2n) is 4.91. The van der Waals surface area contributed by atoms with Crippen LogP contribution >= 0.6 is 11.8 Å². The predicted molar refractivity (Wildman–Crippen MR) is 66.6 cm³/mol. The van der Waals surface area contributed by atoms with Crippen molar-refractivity contribution in [2.45, 2.75) is 32.4 Å². The average Bonchev–Trinajstić information content (AvgIpc) is 2.12. The fourth-order valence-corrected chi connectivity index (χ4v) is 1.76. The van der Waals surface area contributed by atoms with Gasteiger partial charge in [0.15, 0.2) is 0 Å². The van der Waals surface area contributed by atoms with Crippen molar-refractivity contribution in [1.82, 2.24) is 4.90 Å². The first kappa shape index (κ1) is 15.3. The quantitative estimate of drug-likeness (QED) is 0.803. The molecule has 1 unspecified atom stereocenters. The monoisotopic (exact) mass is 247 g/mol. The van der Waals surface area contributed by atoms with Gasteiger partial charge >= 0.3 is 5.97 Å². The van der Waals surface area contributed by atoms with Crippen LogP contribution in [-0.2, 0) is 9.59 Å². The number of thioether (sulfide) groups is 1. The molecular weight excluding hydrogens is 226 g/mol. The summed E-state index contributed by atoms with van der Waals surface area (Å²) < 4.78 is 0.0505. The van der Waals surface area contributed by atoms with Gasteiger partial charge in [0.1, 0.15) is 0 Å². The Morgan fingerprint density at radius 3 is 2.25 bits per heavy atom. The topological polar surface area (TPSA) is 57.6 Å². The normalized spacial score (nSPS) is 13.3. The molecule has 0 aliphatic rings. The summed E-state index contributed by atoms with van der Waals surface area (Å²) in [7, 11) is 1.64. The van der Waals surface area contributed by atoms with Crippen LogP contribution in [0.15, 0.2) is 0 Å². The lowest BCUT2D eigenvalue weighted by Crippen LogP contribution is -2.35. The molecule has 1 amide bonds. The Balaban J connectivity index is 4.05. The number of rotatable bonds is 5. The molecule has 0 aromatic heterocycles. The largest absolute Gasteiger partial charge is 0.481 e. The van der Waals surface area contributed by atoms with E-state index >= 15 is 0 Å². The first-order chi connectivity index (χ1) is 7.13. The van der Waals surface area contributed by atoms with Crippen molar-refractivity contribution in [2.24, 2.45) is 5.92 Å². The minimum atomic E-state index is -0.872. The molecule has 0 saturated heterocycles. The van der Waals surface area contributed by atoms with Crippen molar-refractivity contribution >= 4 is 23.6 Å². The van der Waals surface area contributed by atoms with E-state index in [4.69, 9.17) is 5.11 Å². The Morgan fingerprint density at radius 2 is 1.88 bits per heavy atom. The van der Waals surface area contributed by atoms with Gasteiger partial charge in [-0.1, -0.05) is 27.7 Å². The molecule has 0 heterocycles. The van der Waals surface area contributed by atoms with E-state index in [9.17, 15) is 9.59 Å². The van der Waals surface area contributed by atoms with Crippen molar-refractivity contribution in [3.8, 4) is 0 Å². The molecule has 4 nitrogen and oxygen atoms in total. The van der Waals surface area contributed by atoms with Crippen LogP contribution in [0, 0.1) is 5.92 Å². The van der Waals surface area contributed by atoms with Crippen LogP contribution in [0.4, 0.5) is 0 Å². The second-order valence-corrected chi connectivity index (χ2v) is 6.72. The molecule has 1 N–H and O–H groups in total. The molecular formula is C11H21NO3S. The van der Waals surface area contributed by atoms with E-state index in [1.54, 1.807) is 25.7 Å². The Kier molecular flexibility index (Phi) is 5.86. The summed E-state index contributed by atoms with van der Waals surface area (Å²) in [5.74, 6) is -1.02. The van der Waals surface area contributed by atoms with E-state index in [2.05, 4.69) is 0 Å². The number of hydrogen-bond donors (Lipinski definition) is 1. The van der Waals surface area contributed by atoms with Crippen molar-refractivity contribution < 1.29 is 14.7 Å². The Bertz CT molecular complexity index is 260. The van der Waals surface area contributed by atoms with Gasteiger partial charge in [-0.25, -0.2) is 0 Å². The van der Waals surface area contributed by atoms with Crippen LogP contribution in [0.5, 0.6) is 0 Å². The van der Waals surface area contributed by atoms with E-state index in [-0.39, 0.29) is 17.2 Å². The lowest BCUT2D eigenvalue weighted by atomic mass is 10.2. The molecule has 0 bridgehead atoms.